The smallest absolute Gasteiger partial charge is 0.162 e. The number of carbonyl (C=O) groups excluding carboxylic acids is 1. The number of aryl methyl sites for hydroxylation is 1. The fourth-order valence-corrected chi connectivity index (χ4v) is 3.97. The van der Waals surface area contributed by atoms with Crippen LogP contribution >= 0.6 is 11.8 Å². The number of ketones is 1. The maximum Gasteiger partial charge on any atom is 0.162 e. The molecule has 0 saturated heterocycles. The number of hydrogen-bond donors (Lipinski definition) is 1. The van der Waals surface area contributed by atoms with Crippen LogP contribution in [-0.2, 0) is 6.42 Å². The molecule has 1 aliphatic rings. The van der Waals surface area contributed by atoms with Crippen LogP contribution in [0.2, 0.25) is 0 Å². The van der Waals surface area contributed by atoms with E-state index in [2.05, 4.69) is 48.6 Å². The number of nitrogens with zero attached hydrogens (tertiary/aromatic N) is 1. The van der Waals surface area contributed by atoms with Gasteiger partial charge in [0.2, 0.25) is 0 Å². The molecule has 2 aromatic rings. The number of anilines is 2. The lowest BCUT2D eigenvalue weighted by molar-refractivity contribution is 0.0988. The molecule has 0 aliphatic carbocycles. The predicted octanol–water partition coefficient (Wildman–Crippen LogP) is 4.98. The Kier molecular flexibility index (Phi) is 5.27. The number of benzene rings is 2. The third-order valence-corrected chi connectivity index (χ3v) is 5.40. The van der Waals surface area contributed by atoms with Crippen molar-refractivity contribution in [1.82, 2.24) is 4.90 Å². The number of para-hydroxylation sites is 1. The van der Waals surface area contributed by atoms with Crippen molar-refractivity contribution in [1.29, 1.82) is 0 Å². The van der Waals surface area contributed by atoms with E-state index in [1.165, 1.54) is 21.0 Å². The van der Waals surface area contributed by atoms with Gasteiger partial charge < -0.3 is 10.2 Å². The molecule has 0 atom stereocenters. The summed E-state index contributed by atoms with van der Waals surface area (Å²) in [4.78, 5) is 16.6. The van der Waals surface area contributed by atoms with E-state index in [0.717, 1.165) is 30.6 Å². The van der Waals surface area contributed by atoms with Crippen LogP contribution in [0.1, 0.15) is 35.7 Å². The Morgan fingerprint density at radius 2 is 2.00 bits per heavy atom. The monoisotopic (exact) mass is 340 g/mol. The van der Waals surface area contributed by atoms with E-state index in [1.54, 1.807) is 11.8 Å². The molecule has 0 bridgehead atoms. The molecule has 1 aliphatic heterocycles. The number of carbonyl (C=O) groups is 1. The Hall–Kier alpha value is -1.78. The molecular weight excluding hydrogens is 316 g/mol. The summed E-state index contributed by atoms with van der Waals surface area (Å²) in [6, 6.07) is 12.5. The van der Waals surface area contributed by atoms with Gasteiger partial charge in [-0.15, -0.1) is 0 Å². The zero-order valence-electron chi connectivity index (χ0n) is 14.6. The normalized spacial score (nSPS) is 12.5. The summed E-state index contributed by atoms with van der Waals surface area (Å²) >= 11 is 1.78. The second-order valence-electron chi connectivity index (χ2n) is 6.41. The van der Waals surface area contributed by atoms with Crippen LogP contribution in [0.4, 0.5) is 11.4 Å². The van der Waals surface area contributed by atoms with Gasteiger partial charge in [0.1, 0.15) is 0 Å². The molecule has 24 heavy (non-hydrogen) atoms. The highest BCUT2D eigenvalue weighted by molar-refractivity contribution is 7.99. The van der Waals surface area contributed by atoms with E-state index in [1.807, 2.05) is 19.1 Å². The van der Waals surface area contributed by atoms with Gasteiger partial charge in [0.05, 0.1) is 11.4 Å². The van der Waals surface area contributed by atoms with E-state index in [0.29, 0.717) is 6.42 Å². The first-order valence-electron chi connectivity index (χ1n) is 8.47. The second kappa shape index (κ2) is 7.41. The Morgan fingerprint density at radius 1 is 1.17 bits per heavy atom. The van der Waals surface area contributed by atoms with Gasteiger partial charge in [0, 0.05) is 21.8 Å². The molecule has 0 saturated carbocycles. The number of nitrogens with one attached hydrogen (secondary N) is 1. The Labute approximate surface area is 148 Å². The summed E-state index contributed by atoms with van der Waals surface area (Å²) in [7, 11) is 4.22. The van der Waals surface area contributed by atoms with Crippen molar-refractivity contribution in [3.8, 4) is 0 Å². The largest absolute Gasteiger partial charge is 0.353 e. The van der Waals surface area contributed by atoms with Crippen LogP contribution in [-0.4, -0.2) is 31.3 Å². The van der Waals surface area contributed by atoms with Gasteiger partial charge in [-0.2, -0.15) is 0 Å². The minimum Gasteiger partial charge on any atom is -0.353 e. The van der Waals surface area contributed by atoms with E-state index in [9.17, 15) is 4.79 Å². The molecule has 126 valence electrons. The number of hydrogen-bond acceptors (Lipinski definition) is 4. The quantitative estimate of drug-likeness (QED) is 0.641. The zero-order chi connectivity index (χ0) is 17.1. The molecule has 0 fully saturated rings. The second-order valence-corrected chi connectivity index (χ2v) is 7.50. The summed E-state index contributed by atoms with van der Waals surface area (Å²) in [5, 5.41) is 3.58. The molecule has 3 nitrogen and oxygen atoms in total. The first-order chi connectivity index (χ1) is 11.6. The standard InChI is InChI=1S/C20H24N2OS/c1-4-17(23)15-10-11-18-16(13-15)21-20-14(8-6-12-22(2)3)7-5-9-19(20)24-18/h5,7,9-11,13,21H,4,6,8,12H2,1-3H3. The molecule has 0 aromatic heterocycles. The van der Waals surface area contributed by atoms with Crippen LogP contribution < -0.4 is 5.32 Å². The molecular formula is C20H24N2OS. The van der Waals surface area contributed by atoms with Crippen molar-refractivity contribution in [2.24, 2.45) is 0 Å². The van der Waals surface area contributed by atoms with Crippen LogP contribution in [0.5, 0.6) is 0 Å². The molecule has 1 heterocycles. The van der Waals surface area contributed by atoms with Gasteiger partial charge in [-0.1, -0.05) is 36.9 Å². The number of Topliss-reactive ketones (excluding diaryl/α,β-unsaturated/α-hetero) is 1. The van der Waals surface area contributed by atoms with Gasteiger partial charge in [-0.3, -0.25) is 4.79 Å². The summed E-state index contributed by atoms with van der Waals surface area (Å²) in [5.41, 5.74) is 4.39. The third kappa shape index (κ3) is 3.65. The topological polar surface area (TPSA) is 32.3 Å². The van der Waals surface area contributed by atoms with Crippen LogP contribution in [0.15, 0.2) is 46.2 Å². The summed E-state index contributed by atoms with van der Waals surface area (Å²) in [6.07, 6.45) is 2.73. The average molecular weight is 340 g/mol. The highest BCUT2D eigenvalue weighted by Crippen LogP contribution is 2.46. The Morgan fingerprint density at radius 3 is 2.75 bits per heavy atom. The molecule has 1 N–H and O–H groups in total. The lowest BCUT2D eigenvalue weighted by Crippen LogP contribution is -2.14. The SMILES string of the molecule is CCC(=O)c1ccc2c(c1)Nc1c(CCCN(C)C)cccc1S2. The highest BCUT2D eigenvalue weighted by atomic mass is 32.2. The summed E-state index contributed by atoms with van der Waals surface area (Å²) < 4.78 is 0. The van der Waals surface area contributed by atoms with Crippen LogP contribution in [0, 0.1) is 0 Å². The molecule has 2 aromatic carbocycles. The lowest BCUT2D eigenvalue weighted by atomic mass is 10.1. The van der Waals surface area contributed by atoms with Gasteiger partial charge >= 0.3 is 0 Å². The average Bonchev–Trinajstić information content (AvgIpc) is 2.58. The molecule has 3 rings (SSSR count). The van der Waals surface area contributed by atoms with Gasteiger partial charge in [-0.25, -0.2) is 0 Å². The molecule has 0 amide bonds. The maximum atomic E-state index is 12.0. The van der Waals surface area contributed by atoms with Crippen molar-refractivity contribution >= 4 is 28.9 Å². The van der Waals surface area contributed by atoms with Crippen molar-refractivity contribution in [2.75, 3.05) is 26.0 Å². The lowest BCUT2D eigenvalue weighted by Gasteiger charge is -2.24. The van der Waals surface area contributed by atoms with E-state index < -0.39 is 0 Å². The summed E-state index contributed by atoms with van der Waals surface area (Å²) in [5.74, 6) is 0.190. The first kappa shape index (κ1) is 17.1. The van der Waals surface area contributed by atoms with E-state index >= 15 is 0 Å². The predicted molar refractivity (Wildman–Crippen MR) is 102 cm³/mol. The van der Waals surface area contributed by atoms with Crippen LogP contribution in [0.25, 0.3) is 0 Å². The minimum absolute atomic E-state index is 0.190. The molecule has 4 heteroatoms. The maximum absolute atomic E-state index is 12.0. The third-order valence-electron chi connectivity index (χ3n) is 4.27. The van der Waals surface area contributed by atoms with Crippen molar-refractivity contribution in [3.05, 3.63) is 47.5 Å². The fraction of sp³-hybridized carbons (Fsp3) is 0.350. The number of fused-ring (bicyclic) bond motifs is 2. The molecule has 0 radical (unpaired) electrons. The number of rotatable bonds is 6. The van der Waals surface area contributed by atoms with E-state index in [4.69, 9.17) is 0 Å². The molecule has 0 unspecified atom stereocenters. The van der Waals surface area contributed by atoms with Crippen molar-refractivity contribution < 1.29 is 4.79 Å². The van der Waals surface area contributed by atoms with E-state index in [-0.39, 0.29) is 5.78 Å². The van der Waals surface area contributed by atoms with Gasteiger partial charge in [-0.05, 0) is 57.2 Å². The zero-order valence-corrected chi connectivity index (χ0v) is 15.4. The van der Waals surface area contributed by atoms with Crippen molar-refractivity contribution in [3.63, 3.8) is 0 Å². The minimum atomic E-state index is 0.190. The van der Waals surface area contributed by atoms with Gasteiger partial charge in [0.25, 0.3) is 0 Å². The fourth-order valence-electron chi connectivity index (χ4n) is 2.94. The van der Waals surface area contributed by atoms with Crippen molar-refractivity contribution in [2.45, 2.75) is 36.0 Å². The Balaban J connectivity index is 1.85. The van der Waals surface area contributed by atoms with Gasteiger partial charge in [0.15, 0.2) is 5.78 Å². The summed E-state index contributed by atoms with van der Waals surface area (Å²) in [6.45, 7) is 2.99. The highest BCUT2D eigenvalue weighted by Gasteiger charge is 2.19. The first-order valence-corrected chi connectivity index (χ1v) is 9.29. The van der Waals surface area contributed by atoms with Crippen LogP contribution in [0.3, 0.4) is 0 Å². The Bertz CT molecular complexity index is 755. The molecule has 0 spiro atoms.